The molecular formula is C27H23F2N3O5S. The normalized spacial score (nSPS) is 11.8. The fraction of sp³-hybridized carbons (Fsp3) is 0.185. The zero-order valence-corrected chi connectivity index (χ0v) is 21.7. The molecule has 0 aliphatic heterocycles. The highest BCUT2D eigenvalue weighted by Crippen LogP contribution is 2.40. The van der Waals surface area contributed by atoms with E-state index in [-0.39, 0.29) is 22.8 Å². The van der Waals surface area contributed by atoms with Crippen molar-refractivity contribution in [3.8, 4) is 33.9 Å². The van der Waals surface area contributed by atoms with E-state index in [0.29, 0.717) is 56.4 Å². The third kappa shape index (κ3) is 4.72. The molecule has 5 rings (SSSR count). The molecule has 11 heteroatoms. The van der Waals surface area contributed by atoms with Crippen molar-refractivity contribution in [1.29, 1.82) is 0 Å². The average Bonchev–Trinajstić information content (AvgIpc) is 3.34. The number of aromatic nitrogens is 3. The third-order valence-electron chi connectivity index (χ3n) is 6.15. The first kappa shape index (κ1) is 25.4. The van der Waals surface area contributed by atoms with E-state index in [0.717, 1.165) is 12.3 Å². The number of benzene rings is 2. The van der Waals surface area contributed by atoms with Gasteiger partial charge < -0.3 is 18.8 Å². The highest BCUT2D eigenvalue weighted by Gasteiger charge is 2.21. The van der Waals surface area contributed by atoms with Gasteiger partial charge in [0.25, 0.3) is 5.56 Å². The lowest BCUT2D eigenvalue weighted by molar-refractivity contribution is 0.393. The van der Waals surface area contributed by atoms with Crippen LogP contribution in [0.25, 0.3) is 33.3 Å². The van der Waals surface area contributed by atoms with Crippen LogP contribution in [0.4, 0.5) is 8.78 Å². The van der Waals surface area contributed by atoms with E-state index in [9.17, 15) is 22.0 Å². The maximum absolute atomic E-state index is 14.5. The molecule has 0 aliphatic carbocycles. The minimum atomic E-state index is -3.37. The number of sulfone groups is 1. The molecule has 1 N–H and O–H groups in total. The molecule has 0 saturated carbocycles. The van der Waals surface area contributed by atoms with Crippen LogP contribution in [-0.4, -0.2) is 29.4 Å². The smallest absolute Gasteiger partial charge is 0.272 e. The number of nitrogens with zero attached hydrogens (tertiary/aromatic N) is 2. The van der Waals surface area contributed by atoms with Crippen molar-refractivity contribution in [1.82, 2.24) is 14.7 Å². The van der Waals surface area contributed by atoms with E-state index in [2.05, 4.69) is 10.1 Å². The number of aromatic amines is 1. The minimum absolute atomic E-state index is 0.194. The number of hydrogen-bond donors (Lipinski definition) is 1. The van der Waals surface area contributed by atoms with Crippen LogP contribution in [0.2, 0.25) is 0 Å². The Kier molecular flexibility index (Phi) is 6.18. The number of H-pyrrole nitrogens is 1. The van der Waals surface area contributed by atoms with Crippen molar-refractivity contribution in [2.75, 3.05) is 6.26 Å². The second-order valence-corrected chi connectivity index (χ2v) is 11.3. The fourth-order valence-electron chi connectivity index (χ4n) is 4.60. The molecule has 0 amide bonds. The van der Waals surface area contributed by atoms with E-state index in [4.69, 9.17) is 9.26 Å². The van der Waals surface area contributed by atoms with E-state index < -0.39 is 21.5 Å². The Morgan fingerprint density at radius 1 is 1.05 bits per heavy atom. The van der Waals surface area contributed by atoms with E-state index in [1.165, 1.54) is 12.1 Å². The summed E-state index contributed by atoms with van der Waals surface area (Å²) in [5.74, 6) is -1.37. The number of ether oxygens (including phenoxy) is 1. The summed E-state index contributed by atoms with van der Waals surface area (Å²) in [5, 5.41) is 4.52. The van der Waals surface area contributed by atoms with E-state index >= 15 is 0 Å². The Labute approximate surface area is 216 Å². The van der Waals surface area contributed by atoms with Gasteiger partial charge >= 0.3 is 0 Å². The molecule has 5 aromatic rings. The third-order valence-corrected chi connectivity index (χ3v) is 7.01. The molecule has 8 nitrogen and oxygen atoms in total. The van der Waals surface area contributed by atoms with Crippen LogP contribution < -0.4 is 10.3 Å². The molecule has 38 heavy (non-hydrogen) atoms. The summed E-state index contributed by atoms with van der Waals surface area (Å²) in [6.45, 7) is 3.50. The number of rotatable bonds is 6. The Hall–Kier alpha value is -4.25. The van der Waals surface area contributed by atoms with Gasteiger partial charge in [0.15, 0.2) is 21.4 Å². The topological polar surface area (TPSA) is 107 Å². The number of pyridine rings is 1. The molecule has 0 radical (unpaired) electrons. The van der Waals surface area contributed by atoms with Gasteiger partial charge in [0.1, 0.15) is 22.8 Å². The molecule has 3 aromatic heterocycles. The molecular weight excluding hydrogens is 516 g/mol. The molecule has 0 bridgehead atoms. The summed E-state index contributed by atoms with van der Waals surface area (Å²) in [7, 11) is -1.66. The van der Waals surface area contributed by atoms with Gasteiger partial charge in [-0.3, -0.25) is 4.79 Å². The summed E-state index contributed by atoms with van der Waals surface area (Å²) < 4.78 is 64.7. The average molecular weight is 540 g/mol. The standard InChI is InChI=1S/C27H23F2N3O5S/c1-14-25(15(2)37-31-14)22-11-19-20(12-32(3)26(19)27(33)30-22)18-9-16(13-38(4,34)35)5-7-23(18)36-24-8-6-17(28)10-21(24)29/h5-12H,13H2,1-4H3,(H,30,33). The quantitative estimate of drug-likeness (QED) is 0.309. The van der Waals surface area contributed by atoms with Crippen LogP contribution in [0.1, 0.15) is 17.0 Å². The Bertz CT molecular complexity index is 1870. The first-order chi connectivity index (χ1) is 17.9. The van der Waals surface area contributed by atoms with Gasteiger partial charge in [-0.15, -0.1) is 0 Å². The van der Waals surface area contributed by atoms with Gasteiger partial charge in [0.2, 0.25) is 0 Å². The summed E-state index contributed by atoms with van der Waals surface area (Å²) in [5.41, 5.74) is 3.20. The number of fused-ring (bicyclic) bond motifs is 1. The predicted molar refractivity (Wildman–Crippen MR) is 139 cm³/mol. The largest absolute Gasteiger partial charge is 0.454 e. The molecule has 0 aliphatic rings. The summed E-state index contributed by atoms with van der Waals surface area (Å²) >= 11 is 0. The number of aryl methyl sites for hydroxylation is 3. The molecule has 0 saturated heterocycles. The summed E-state index contributed by atoms with van der Waals surface area (Å²) in [6, 6.07) is 9.45. The lowest BCUT2D eigenvalue weighted by atomic mass is 10.0. The molecule has 0 unspecified atom stereocenters. The SMILES string of the molecule is Cc1noc(C)c1-c1cc2c(-c3cc(CS(C)(=O)=O)ccc3Oc3ccc(F)cc3F)cn(C)c2c(=O)[nH]1. The monoisotopic (exact) mass is 539 g/mol. The van der Waals surface area contributed by atoms with Crippen molar-refractivity contribution < 1.29 is 26.5 Å². The van der Waals surface area contributed by atoms with Crippen molar-refractivity contribution in [2.45, 2.75) is 19.6 Å². The predicted octanol–water partition coefficient (Wildman–Crippen LogP) is 5.42. The highest BCUT2D eigenvalue weighted by molar-refractivity contribution is 7.89. The summed E-state index contributed by atoms with van der Waals surface area (Å²) in [6.07, 6.45) is 2.84. The fourth-order valence-corrected chi connectivity index (χ4v) is 5.38. The van der Waals surface area contributed by atoms with Gasteiger partial charge in [0.05, 0.1) is 22.7 Å². The van der Waals surface area contributed by atoms with Crippen molar-refractivity contribution >= 4 is 20.7 Å². The minimum Gasteiger partial charge on any atom is -0.454 e. The second-order valence-electron chi connectivity index (χ2n) is 9.20. The highest BCUT2D eigenvalue weighted by atomic mass is 32.2. The van der Waals surface area contributed by atoms with Gasteiger partial charge in [-0.1, -0.05) is 11.2 Å². The lowest BCUT2D eigenvalue weighted by Crippen LogP contribution is -2.10. The molecule has 0 spiro atoms. The van der Waals surface area contributed by atoms with Crippen molar-refractivity contribution in [3.63, 3.8) is 0 Å². The van der Waals surface area contributed by atoms with Crippen LogP contribution >= 0.6 is 0 Å². The van der Waals surface area contributed by atoms with Crippen LogP contribution in [0.5, 0.6) is 11.5 Å². The Morgan fingerprint density at radius 2 is 1.79 bits per heavy atom. The second kappa shape index (κ2) is 9.25. The number of hydrogen-bond acceptors (Lipinski definition) is 6. The molecule has 3 heterocycles. The van der Waals surface area contributed by atoms with Crippen molar-refractivity contribution in [3.05, 3.63) is 87.7 Å². The first-order valence-corrected chi connectivity index (χ1v) is 13.6. The zero-order chi connectivity index (χ0) is 27.4. The van der Waals surface area contributed by atoms with E-state index in [1.807, 2.05) is 0 Å². The maximum atomic E-state index is 14.5. The van der Waals surface area contributed by atoms with Crippen LogP contribution in [0, 0.1) is 25.5 Å². The summed E-state index contributed by atoms with van der Waals surface area (Å²) in [4.78, 5) is 16.0. The van der Waals surface area contributed by atoms with Crippen LogP contribution in [0.3, 0.4) is 0 Å². The van der Waals surface area contributed by atoms with Crippen LogP contribution in [0.15, 0.2) is 58.0 Å². The molecule has 2 aromatic carbocycles. The first-order valence-electron chi connectivity index (χ1n) is 11.5. The van der Waals surface area contributed by atoms with Gasteiger partial charge in [-0.05, 0) is 49.7 Å². The maximum Gasteiger partial charge on any atom is 0.272 e. The van der Waals surface area contributed by atoms with Gasteiger partial charge in [0, 0.05) is 42.1 Å². The molecule has 196 valence electrons. The lowest BCUT2D eigenvalue weighted by Gasteiger charge is -2.14. The van der Waals surface area contributed by atoms with Crippen molar-refractivity contribution in [2.24, 2.45) is 7.05 Å². The number of nitrogens with one attached hydrogen (secondary N) is 1. The van der Waals surface area contributed by atoms with Gasteiger partial charge in [-0.2, -0.15) is 0 Å². The van der Waals surface area contributed by atoms with Gasteiger partial charge in [-0.25, -0.2) is 17.2 Å². The van der Waals surface area contributed by atoms with Crippen LogP contribution in [-0.2, 0) is 22.6 Å². The molecule has 0 fully saturated rings. The van der Waals surface area contributed by atoms with E-state index in [1.54, 1.807) is 49.9 Å². The Balaban J connectivity index is 1.76. The number of halogens is 2. The zero-order valence-electron chi connectivity index (χ0n) is 20.9. The Morgan fingerprint density at radius 3 is 2.45 bits per heavy atom. The molecule has 0 atom stereocenters.